The lowest BCUT2D eigenvalue weighted by Gasteiger charge is -2.14. The van der Waals surface area contributed by atoms with Gasteiger partial charge >= 0.3 is 11.9 Å². The van der Waals surface area contributed by atoms with E-state index in [9.17, 15) is 19.5 Å². The van der Waals surface area contributed by atoms with Crippen molar-refractivity contribution in [2.75, 3.05) is 10.6 Å². The molecule has 41 heavy (non-hydrogen) atoms. The highest BCUT2D eigenvalue weighted by Crippen LogP contribution is 2.21. The molecule has 2 aromatic heterocycles. The van der Waals surface area contributed by atoms with E-state index in [4.69, 9.17) is 5.11 Å². The van der Waals surface area contributed by atoms with Gasteiger partial charge in [0.2, 0.25) is 5.95 Å². The van der Waals surface area contributed by atoms with Crippen LogP contribution in [0.3, 0.4) is 0 Å². The molecule has 4 rings (SSSR count). The Morgan fingerprint density at radius 2 is 1.63 bits per heavy atom. The summed E-state index contributed by atoms with van der Waals surface area (Å²) in [5, 5.41) is 26.9. The minimum absolute atomic E-state index is 0. The number of carbonyl (C=O) groups excluding carboxylic acids is 1. The standard InChI is InChI=1S/C28H26N6O5.2ClH/c35-25(36)11-10-24(27(38)39)33-26(37)19-8-6-18(7-9-19)16-31-21-4-1-5-22(15-21)32-28-30-14-12-23(34-28)20-3-2-13-29-17-20;;/h1-9,12-15,17,24,31H,10-11,16H2,(H,33,37)(H,35,36)(H,38,39)(H,30,32,34);2*1H. The Kier molecular flexibility index (Phi) is 12.5. The van der Waals surface area contributed by atoms with E-state index in [1.165, 1.54) is 0 Å². The lowest BCUT2D eigenvalue weighted by atomic mass is 10.1. The van der Waals surface area contributed by atoms with Gasteiger partial charge in [-0.1, -0.05) is 18.2 Å². The largest absolute Gasteiger partial charge is 0.481 e. The molecule has 0 aliphatic carbocycles. The summed E-state index contributed by atoms with van der Waals surface area (Å²) in [6.45, 7) is 0.481. The van der Waals surface area contributed by atoms with E-state index in [0.29, 0.717) is 12.5 Å². The Hall–Kier alpha value is -4.74. The lowest BCUT2D eigenvalue weighted by molar-refractivity contribution is -0.140. The van der Waals surface area contributed by atoms with E-state index in [1.807, 2.05) is 42.5 Å². The van der Waals surface area contributed by atoms with Gasteiger partial charge in [0.25, 0.3) is 5.91 Å². The molecule has 2 heterocycles. The van der Waals surface area contributed by atoms with E-state index < -0.39 is 23.9 Å². The van der Waals surface area contributed by atoms with Crippen LogP contribution >= 0.6 is 24.8 Å². The highest BCUT2D eigenvalue weighted by Gasteiger charge is 2.21. The highest BCUT2D eigenvalue weighted by molar-refractivity contribution is 5.96. The molecule has 4 aromatic rings. The first-order valence-electron chi connectivity index (χ1n) is 12.1. The summed E-state index contributed by atoms with van der Waals surface area (Å²) in [4.78, 5) is 47.5. The number of halogens is 2. The molecular formula is C28H28Cl2N6O5. The Morgan fingerprint density at radius 3 is 2.32 bits per heavy atom. The predicted octanol–water partition coefficient (Wildman–Crippen LogP) is 4.79. The molecule has 0 bridgehead atoms. The van der Waals surface area contributed by atoms with Crippen molar-refractivity contribution < 1.29 is 24.6 Å². The number of pyridine rings is 1. The van der Waals surface area contributed by atoms with Crippen LogP contribution in [0.2, 0.25) is 0 Å². The first-order valence-corrected chi connectivity index (χ1v) is 12.1. The van der Waals surface area contributed by atoms with Gasteiger partial charge in [0, 0.05) is 54.1 Å². The van der Waals surface area contributed by atoms with Crippen molar-refractivity contribution in [3.63, 3.8) is 0 Å². The summed E-state index contributed by atoms with van der Waals surface area (Å²) >= 11 is 0. The zero-order valence-corrected chi connectivity index (χ0v) is 23.2. The van der Waals surface area contributed by atoms with Crippen LogP contribution in [0, 0.1) is 0 Å². The average molecular weight is 599 g/mol. The van der Waals surface area contributed by atoms with Gasteiger partial charge in [0.05, 0.1) is 5.69 Å². The molecule has 1 amide bonds. The number of carbonyl (C=O) groups is 3. The van der Waals surface area contributed by atoms with Gasteiger partial charge < -0.3 is 26.2 Å². The molecule has 0 aliphatic heterocycles. The number of carboxylic acid groups (broad SMARTS) is 2. The number of amides is 1. The number of nitrogens with zero attached hydrogens (tertiary/aromatic N) is 3. The summed E-state index contributed by atoms with van der Waals surface area (Å²) < 4.78 is 0. The molecule has 214 valence electrons. The summed E-state index contributed by atoms with van der Waals surface area (Å²) in [7, 11) is 0. The zero-order chi connectivity index (χ0) is 27.6. The van der Waals surface area contributed by atoms with Crippen molar-refractivity contribution in [2.45, 2.75) is 25.4 Å². The number of nitrogens with one attached hydrogen (secondary N) is 3. The first kappa shape index (κ1) is 32.5. The maximum absolute atomic E-state index is 12.4. The van der Waals surface area contributed by atoms with Crippen molar-refractivity contribution >= 4 is 60.0 Å². The molecule has 0 aliphatic rings. The van der Waals surface area contributed by atoms with Crippen LogP contribution in [-0.2, 0) is 16.1 Å². The molecular weight excluding hydrogens is 571 g/mol. The van der Waals surface area contributed by atoms with Crippen molar-refractivity contribution in [2.24, 2.45) is 0 Å². The van der Waals surface area contributed by atoms with Crippen molar-refractivity contribution in [3.8, 4) is 11.3 Å². The van der Waals surface area contributed by atoms with Gasteiger partial charge in [-0.05, 0) is 60.5 Å². The highest BCUT2D eigenvalue weighted by atomic mass is 35.5. The summed E-state index contributed by atoms with van der Waals surface area (Å²) in [6.07, 6.45) is 4.57. The Labute approximate surface area is 248 Å². The van der Waals surface area contributed by atoms with Gasteiger partial charge in [0.1, 0.15) is 6.04 Å². The molecule has 0 radical (unpaired) electrons. The average Bonchev–Trinajstić information content (AvgIpc) is 2.95. The molecule has 1 atom stereocenters. The van der Waals surface area contributed by atoms with Crippen LogP contribution < -0.4 is 16.0 Å². The van der Waals surface area contributed by atoms with Crippen LogP contribution in [-0.4, -0.2) is 49.1 Å². The Morgan fingerprint density at radius 1 is 0.878 bits per heavy atom. The first-order chi connectivity index (χ1) is 18.9. The second-order valence-electron chi connectivity index (χ2n) is 8.56. The topological polar surface area (TPSA) is 166 Å². The van der Waals surface area contributed by atoms with Crippen LogP contribution in [0.1, 0.15) is 28.8 Å². The number of carboxylic acids is 2. The second-order valence-corrected chi connectivity index (χ2v) is 8.56. The number of hydrogen-bond donors (Lipinski definition) is 5. The summed E-state index contributed by atoms with van der Waals surface area (Å²) in [6, 6.07) is 18.7. The number of aliphatic carboxylic acids is 2. The predicted molar refractivity (Wildman–Crippen MR) is 159 cm³/mol. The van der Waals surface area contributed by atoms with Crippen molar-refractivity contribution in [3.05, 3.63) is 96.4 Å². The van der Waals surface area contributed by atoms with E-state index in [2.05, 4.69) is 30.9 Å². The number of aromatic nitrogens is 3. The van der Waals surface area contributed by atoms with Gasteiger partial charge in [0.15, 0.2) is 0 Å². The summed E-state index contributed by atoms with van der Waals surface area (Å²) in [5.41, 5.74) is 4.48. The minimum Gasteiger partial charge on any atom is -0.481 e. The Balaban J connectivity index is 0.00000294. The van der Waals surface area contributed by atoms with Crippen LogP contribution in [0.15, 0.2) is 85.3 Å². The van der Waals surface area contributed by atoms with Crippen LogP contribution in [0.4, 0.5) is 17.3 Å². The fourth-order valence-corrected chi connectivity index (χ4v) is 3.67. The quantitative estimate of drug-likeness (QED) is 0.153. The number of hydrogen-bond acceptors (Lipinski definition) is 8. The number of rotatable bonds is 12. The smallest absolute Gasteiger partial charge is 0.326 e. The molecule has 0 saturated carbocycles. The third-order valence-electron chi connectivity index (χ3n) is 5.69. The molecule has 1 unspecified atom stereocenters. The zero-order valence-electron chi connectivity index (χ0n) is 21.6. The van der Waals surface area contributed by atoms with E-state index in [-0.39, 0.29) is 43.2 Å². The third kappa shape index (κ3) is 9.75. The fourth-order valence-electron chi connectivity index (χ4n) is 3.67. The maximum atomic E-state index is 12.4. The monoisotopic (exact) mass is 598 g/mol. The lowest BCUT2D eigenvalue weighted by Crippen LogP contribution is -2.41. The molecule has 0 fully saturated rings. The Bertz CT molecular complexity index is 1460. The van der Waals surface area contributed by atoms with Gasteiger partial charge in [-0.2, -0.15) is 0 Å². The molecule has 0 spiro atoms. The van der Waals surface area contributed by atoms with Gasteiger partial charge in [-0.25, -0.2) is 14.8 Å². The minimum atomic E-state index is -1.28. The number of benzene rings is 2. The van der Waals surface area contributed by atoms with Crippen molar-refractivity contribution in [1.82, 2.24) is 20.3 Å². The van der Waals surface area contributed by atoms with Gasteiger partial charge in [-0.15, -0.1) is 24.8 Å². The van der Waals surface area contributed by atoms with Gasteiger partial charge in [-0.3, -0.25) is 14.6 Å². The number of anilines is 3. The normalized spacial score (nSPS) is 10.7. The third-order valence-corrected chi connectivity index (χ3v) is 5.69. The fraction of sp³-hybridized carbons (Fsp3) is 0.143. The van der Waals surface area contributed by atoms with E-state index in [1.54, 1.807) is 42.9 Å². The molecule has 13 heteroatoms. The van der Waals surface area contributed by atoms with Crippen LogP contribution in [0.25, 0.3) is 11.3 Å². The summed E-state index contributed by atoms with van der Waals surface area (Å²) in [5.74, 6) is -2.54. The molecule has 2 aromatic carbocycles. The van der Waals surface area contributed by atoms with Crippen molar-refractivity contribution in [1.29, 1.82) is 0 Å². The van der Waals surface area contributed by atoms with E-state index >= 15 is 0 Å². The molecule has 0 saturated heterocycles. The van der Waals surface area contributed by atoms with Crippen LogP contribution in [0.5, 0.6) is 0 Å². The van der Waals surface area contributed by atoms with E-state index in [0.717, 1.165) is 28.2 Å². The molecule has 5 N–H and O–H groups in total. The SMILES string of the molecule is Cl.Cl.O=C(O)CCC(NC(=O)c1ccc(CNc2cccc(Nc3nccc(-c4cccnc4)n3)c2)cc1)C(=O)O. The maximum Gasteiger partial charge on any atom is 0.326 e. The molecule has 11 nitrogen and oxygen atoms in total. The second kappa shape index (κ2) is 15.8.